The van der Waals surface area contributed by atoms with E-state index >= 15 is 0 Å². The quantitative estimate of drug-likeness (QED) is 0.115. The van der Waals surface area contributed by atoms with Crippen molar-refractivity contribution in [2.24, 2.45) is 0 Å². The third-order valence-corrected chi connectivity index (χ3v) is 33.2. The fourth-order valence-electron chi connectivity index (χ4n) is 10.3. The topological polar surface area (TPSA) is 0 Å². The van der Waals surface area contributed by atoms with Crippen LogP contribution in [0.25, 0.3) is 33.4 Å². The second-order valence-electron chi connectivity index (χ2n) is 20.1. The summed E-state index contributed by atoms with van der Waals surface area (Å²) in [6.45, 7) is 18.6. The van der Waals surface area contributed by atoms with Gasteiger partial charge in [-0.05, 0) is 0 Å². The number of unbranched alkanes of at least 4 members (excludes halogenated alkanes) is 2. The number of aryl methyl sites for hydroxylation is 2. The fourth-order valence-corrected chi connectivity index (χ4v) is 29.7. The van der Waals surface area contributed by atoms with Crippen molar-refractivity contribution >= 4 is 20.2 Å². The van der Waals surface area contributed by atoms with E-state index in [1.165, 1.54) is 79.6 Å². The predicted octanol–water partition coefficient (Wildman–Crippen LogP) is 17.6. The number of halogens is 2. The molecule has 62 heavy (non-hydrogen) atoms. The van der Waals surface area contributed by atoms with Crippen molar-refractivity contribution in [1.82, 2.24) is 0 Å². The number of benzene rings is 6. The summed E-state index contributed by atoms with van der Waals surface area (Å²) in [4.78, 5) is 0. The van der Waals surface area contributed by atoms with Crippen LogP contribution in [0.5, 0.6) is 0 Å². The van der Waals surface area contributed by atoms with E-state index in [2.05, 4.69) is 213 Å². The maximum absolute atomic E-state index is 9.24. The molecule has 8 rings (SSSR count). The van der Waals surface area contributed by atoms with Crippen LogP contribution in [0.1, 0.15) is 129 Å². The fraction of sp³-hybridized carbons (Fsp3) is 0.305. The zero-order valence-electron chi connectivity index (χ0n) is 38.2. The van der Waals surface area contributed by atoms with E-state index in [9.17, 15) is 17.0 Å². The molecular weight excluding hydrogens is 871 g/mol. The second kappa shape index (κ2) is 17.6. The Morgan fingerprint density at radius 2 is 0.887 bits per heavy atom. The first-order valence-electron chi connectivity index (χ1n) is 23.1. The van der Waals surface area contributed by atoms with Crippen LogP contribution in [-0.2, 0) is 39.6 Å². The summed E-state index contributed by atoms with van der Waals surface area (Å²) in [7, 11) is 18.5. The molecule has 318 valence electrons. The molecule has 6 aromatic carbocycles. The normalized spacial score (nSPS) is 14.4. The summed E-state index contributed by atoms with van der Waals surface area (Å²) < 4.78 is 0.735. The van der Waals surface area contributed by atoms with Gasteiger partial charge in [0.2, 0.25) is 0 Å². The Morgan fingerprint density at radius 1 is 0.500 bits per heavy atom. The molecule has 0 saturated heterocycles. The molecule has 0 atom stereocenters. The molecule has 0 N–H and O–H groups in total. The van der Waals surface area contributed by atoms with Crippen LogP contribution >= 0.6 is 17.0 Å². The van der Waals surface area contributed by atoms with Crippen LogP contribution in [0.4, 0.5) is 0 Å². The third-order valence-electron chi connectivity index (χ3n) is 13.6. The van der Waals surface area contributed by atoms with E-state index in [0.717, 1.165) is 40.0 Å². The molecule has 0 radical (unpaired) electrons. The maximum atomic E-state index is 9.24. The summed E-state index contributed by atoms with van der Waals surface area (Å²) in [6, 6.07) is 50.6. The molecule has 2 aliphatic rings. The monoisotopic (exact) mass is 932 g/mol. The number of allylic oxidation sites excluding steroid dienone is 4. The van der Waals surface area contributed by atoms with Gasteiger partial charge in [0.25, 0.3) is 0 Å². The van der Waals surface area contributed by atoms with Crippen LogP contribution in [0, 0.1) is 0 Å². The van der Waals surface area contributed by atoms with Crippen molar-refractivity contribution in [3.63, 3.8) is 0 Å². The Bertz CT molecular complexity index is 2520. The van der Waals surface area contributed by atoms with Gasteiger partial charge in [-0.2, -0.15) is 0 Å². The molecule has 0 heterocycles. The Balaban J connectivity index is 1.56. The minimum absolute atomic E-state index is 0.123. The number of hydrogen-bond donors (Lipinski definition) is 0. The molecule has 0 amide bonds. The number of rotatable bonds is 12. The van der Waals surface area contributed by atoms with Gasteiger partial charge in [-0.1, -0.05) is 0 Å². The number of fused-ring (bicyclic) bond motifs is 3. The van der Waals surface area contributed by atoms with Crippen molar-refractivity contribution in [2.45, 2.75) is 112 Å². The Labute approximate surface area is 380 Å². The summed E-state index contributed by atoms with van der Waals surface area (Å²) in [6.07, 6.45) is 15.8. The standard InChI is InChI=1S/C33H33.C21H26.C5H5.2ClH.Zr/c1-32(2,3)30-20-26-24(18-28(30)22-13-9-7-10-14-22)17-25-19-29(23-15-11-8-12-16-23)31(21-27(25)26)33(4,5)6;1-3-5-7-18-9-13-20(14-10-18)17-21-15-11-19(12-16-21)8-6-4-2;1-2-4-5-3-1;;;/h7-21H,1-6H3;9-16H,3-8H2,1-2H3;1-5H;2*1H;/q;;;;;+2/p-2. The molecule has 0 bridgehead atoms. The van der Waals surface area contributed by atoms with Gasteiger partial charge < -0.3 is 0 Å². The van der Waals surface area contributed by atoms with Crippen molar-refractivity contribution in [1.29, 1.82) is 0 Å². The van der Waals surface area contributed by atoms with Gasteiger partial charge in [0, 0.05) is 0 Å². The summed E-state index contributed by atoms with van der Waals surface area (Å²) in [5.74, 6) is 0. The first-order valence-corrected chi connectivity index (χ1v) is 33.5. The molecule has 6 aromatic rings. The molecular formula is C59H64Cl2Zr. The van der Waals surface area contributed by atoms with Crippen LogP contribution in [-0.4, -0.2) is 3.21 Å². The van der Waals surface area contributed by atoms with E-state index in [1.807, 2.05) is 0 Å². The second-order valence-corrected chi connectivity index (χ2v) is 40.8. The summed E-state index contributed by atoms with van der Waals surface area (Å²) in [5.41, 5.74) is 17.3. The molecule has 0 unspecified atom stereocenters. The van der Waals surface area contributed by atoms with Gasteiger partial charge in [0.05, 0.1) is 0 Å². The van der Waals surface area contributed by atoms with Crippen LogP contribution in [0.2, 0.25) is 3.63 Å². The third kappa shape index (κ3) is 8.33. The molecule has 0 aromatic heterocycles. The van der Waals surface area contributed by atoms with E-state index in [1.54, 1.807) is 0 Å². The Morgan fingerprint density at radius 3 is 1.24 bits per heavy atom. The Hall–Kier alpha value is -3.87. The molecule has 0 aliphatic heterocycles. The van der Waals surface area contributed by atoms with Crippen molar-refractivity contribution in [3.8, 4) is 33.4 Å². The van der Waals surface area contributed by atoms with E-state index < -0.39 is 15.9 Å². The SMILES string of the molecule is CCCCc1ccc([C](c2ccc(CCCC)cc2)=[Zr]([Cl])([Cl])([CH]2C=CC=C2)[CH]2c3cc(-c4ccccc4)c(C(C)(C)C)cc3-c3cc(C(C)(C)C)c(-c4ccccc4)cc32)cc1. The van der Waals surface area contributed by atoms with E-state index in [0.29, 0.717) is 0 Å². The van der Waals surface area contributed by atoms with Crippen molar-refractivity contribution in [3.05, 3.63) is 202 Å². The van der Waals surface area contributed by atoms with Gasteiger partial charge in [0.15, 0.2) is 0 Å². The average Bonchev–Trinajstić information content (AvgIpc) is 3.93. The molecule has 0 fully saturated rings. The zero-order chi connectivity index (χ0) is 43.9. The molecule has 3 heteroatoms. The van der Waals surface area contributed by atoms with Gasteiger partial charge in [-0.3, -0.25) is 0 Å². The van der Waals surface area contributed by atoms with Gasteiger partial charge in [-0.15, -0.1) is 0 Å². The van der Waals surface area contributed by atoms with Crippen LogP contribution < -0.4 is 0 Å². The Kier molecular flexibility index (Phi) is 12.7. The van der Waals surface area contributed by atoms with E-state index in [-0.39, 0.29) is 18.1 Å². The predicted molar refractivity (Wildman–Crippen MR) is 269 cm³/mol. The van der Waals surface area contributed by atoms with Gasteiger partial charge in [0.1, 0.15) is 0 Å². The average molecular weight is 935 g/mol. The van der Waals surface area contributed by atoms with Crippen LogP contribution in [0.3, 0.4) is 0 Å². The van der Waals surface area contributed by atoms with E-state index in [4.69, 9.17) is 0 Å². The van der Waals surface area contributed by atoms with Crippen LogP contribution in [0.15, 0.2) is 158 Å². The molecule has 2 aliphatic carbocycles. The summed E-state index contributed by atoms with van der Waals surface area (Å²) in [5, 5.41) is 0. The number of hydrogen-bond acceptors (Lipinski definition) is 0. The minimum atomic E-state index is -5.73. The first-order chi connectivity index (χ1) is 29.6. The van der Waals surface area contributed by atoms with Crippen molar-refractivity contribution in [2.75, 3.05) is 0 Å². The molecule has 0 nitrogen and oxygen atoms in total. The zero-order valence-corrected chi connectivity index (χ0v) is 42.1. The summed E-state index contributed by atoms with van der Waals surface area (Å²) >= 11 is -5.73. The van der Waals surface area contributed by atoms with Gasteiger partial charge in [-0.25, -0.2) is 0 Å². The molecule has 0 saturated carbocycles. The first kappa shape index (κ1) is 44.7. The van der Waals surface area contributed by atoms with Crippen molar-refractivity contribution < 1.29 is 15.9 Å². The molecule has 0 spiro atoms. The van der Waals surface area contributed by atoms with Gasteiger partial charge >= 0.3 is 384 Å².